The number of methoxy groups -OCH3 is 1. The highest BCUT2D eigenvalue weighted by Gasteiger charge is 2.21. The standard InChI is InChI=1S/C19H30N2O3/c1-5-24-17-8-7-16(13-18(17)23-4)19(22)21-10-6-9-20(11-12-21)14-15(2)3/h7-8,13,15H,5-6,9-12,14H2,1-4H3. The van der Waals surface area contributed by atoms with Gasteiger partial charge in [-0.05, 0) is 44.0 Å². The molecule has 1 saturated heterocycles. The van der Waals surface area contributed by atoms with Gasteiger partial charge in [0.05, 0.1) is 13.7 Å². The minimum Gasteiger partial charge on any atom is -0.493 e. The van der Waals surface area contributed by atoms with Crippen molar-refractivity contribution < 1.29 is 14.3 Å². The number of carbonyl (C=O) groups is 1. The average molecular weight is 334 g/mol. The molecular weight excluding hydrogens is 304 g/mol. The van der Waals surface area contributed by atoms with Gasteiger partial charge in [0.1, 0.15) is 0 Å². The maximum atomic E-state index is 12.8. The smallest absolute Gasteiger partial charge is 0.254 e. The van der Waals surface area contributed by atoms with Gasteiger partial charge in [-0.25, -0.2) is 0 Å². The van der Waals surface area contributed by atoms with Gasteiger partial charge in [0.15, 0.2) is 11.5 Å². The number of benzene rings is 1. The number of amides is 1. The molecule has 0 atom stereocenters. The van der Waals surface area contributed by atoms with Crippen LogP contribution in [0.15, 0.2) is 18.2 Å². The van der Waals surface area contributed by atoms with E-state index in [1.807, 2.05) is 24.0 Å². The van der Waals surface area contributed by atoms with Gasteiger partial charge in [-0.1, -0.05) is 13.8 Å². The molecular formula is C19H30N2O3. The molecule has 2 rings (SSSR count). The maximum absolute atomic E-state index is 12.8. The topological polar surface area (TPSA) is 42.0 Å². The molecule has 5 heteroatoms. The number of carbonyl (C=O) groups excluding carboxylic acids is 1. The molecule has 1 aromatic carbocycles. The van der Waals surface area contributed by atoms with E-state index in [0.29, 0.717) is 29.6 Å². The van der Waals surface area contributed by atoms with E-state index in [4.69, 9.17) is 9.47 Å². The summed E-state index contributed by atoms with van der Waals surface area (Å²) in [5.41, 5.74) is 0.660. The largest absolute Gasteiger partial charge is 0.493 e. The van der Waals surface area contributed by atoms with Crippen molar-refractivity contribution in [2.75, 3.05) is 46.4 Å². The van der Waals surface area contributed by atoms with Gasteiger partial charge in [-0.3, -0.25) is 4.79 Å². The van der Waals surface area contributed by atoms with Gasteiger partial charge < -0.3 is 19.3 Å². The first kappa shape index (κ1) is 18.6. The minimum absolute atomic E-state index is 0.0720. The van der Waals surface area contributed by atoms with E-state index < -0.39 is 0 Å². The van der Waals surface area contributed by atoms with Gasteiger partial charge in [0, 0.05) is 31.7 Å². The van der Waals surface area contributed by atoms with Gasteiger partial charge in [-0.15, -0.1) is 0 Å². The summed E-state index contributed by atoms with van der Waals surface area (Å²) in [6.07, 6.45) is 1.02. The fraction of sp³-hybridized carbons (Fsp3) is 0.632. The number of rotatable bonds is 6. The monoisotopic (exact) mass is 334 g/mol. The summed E-state index contributed by atoms with van der Waals surface area (Å²) < 4.78 is 10.9. The molecule has 0 radical (unpaired) electrons. The first-order valence-electron chi connectivity index (χ1n) is 8.87. The van der Waals surface area contributed by atoms with Crippen LogP contribution in [0.25, 0.3) is 0 Å². The van der Waals surface area contributed by atoms with E-state index in [2.05, 4.69) is 18.7 Å². The van der Waals surface area contributed by atoms with Crippen molar-refractivity contribution in [2.45, 2.75) is 27.2 Å². The van der Waals surface area contributed by atoms with Crippen LogP contribution in [-0.2, 0) is 0 Å². The number of hydrogen-bond donors (Lipinski definition) is 0. The molecule has 0 aliphatic carbocycles. The number of hydrogen-bond acceptors (Lipinski definition) is 4. The summed E-state index contributed by atoms with van der Waals surface area (Å²) in [6.45, 7) is 11.7. The van der Waals surface area contributed by atoms with Crippen LogP contribution >= 0.6 is 0 Å². The number of nitrogens with zero attached hydrogens (tertiary/aromatic N) is 2. The Balaban J connectivity index is 2.05. The quantitative estimate of drug-likeness (QED) is 0.802. The van der Waals surface area contributed by atoms with Crippen molar-refractivity contribution in [2.24, 2.45) is 5.92 Å². The third-order valence-electron chi connectivity index (χ3n) is 4.21. The van der Waals surface area contributed by atoms with Crippen LogP contribution in [0.4, 0.5) is 0 Å². The highest BCUT2D eigenvalue weighted by molar-refractivity contribution is 5.95. The fourth-order valence-electron chi connectivity index (χ4n) is 3.13. The lowest BCUT2D eigenvalue weighted by Crippen LogP contribution is -2.36. The van der Waals surface area contributed by atoms with Crippen LogP contribution < -0.4 is 9.47 Å². The molecule has 0 spiro atoms. The van der Waals surface area contributed by atoms with Gasteiger partial charge in [0.25, 0.3) is 5.91 Å². The van der Waals surface area contributed by atoms with E-state index in [1.54, 1.807) is 13.2 Å². The van der Waals surface area contributed by atoms with Gasteiger partial charge in [-0.2, -0.15) is 0 Å². The van der Waals surface area contributed by atoms with Gasteiger partial charge in [0.2, 0.25) is 0 Å². The average Bonchev–Trinajstić information content (AvgIpc) is 2.80. The molecule has 0 aromatic heterocycles. The minimum atomic E-state index is 0.0720. The Bertz CT molecular complexity index is 545. The summed E-state index contributed by atoms with van der Waals surface area (Å²) in [5, 5.41) is 0. The van der Waals surface area contributed by atoms with Crippen molar-refractivity contribution in [1.82, 2.24) is 9.80 Å². The molecule has 0 unspecified atom stereocenters. The first-order valence-corrected chi connectivity index (χ1v) is 8.87. The summed E-state index contributed by atoms with van der Waals surface area (Å²) in [5.74, 6) is 2.01. The molecule has 24 heavy (non-hydrogen) atoms. The Kier molecular flexibility index (Phi) is 6.91. The normalized spacial score (nSPS) is 16.1. The summed E-state index contributed by atoms with van der Waals surface area (Å²) in [6, 6.07) is 5.43. The van der Waals surface area contributed by atoms with Crippen LogP contribution in [-0.4, -0.2) is 62.1 Å². The van der Waals surface area contributed by atoms with Crippen LogP contribution in [0.3, 0.4) is 0 Å². The lowest BCUT2D eigenvalue weighted by atomic mass is 10.1. The van der Waals surface area contributed by atoms with Crippen molar-refractivity contribution in [1.29, 1.82) is 0 Å². The summed E-state index contributed by atoms with van der Waals surface area (Å²) >= 11 is 0. The Labute approximate surface area is 145 Å². The lowest BCUT2D eigenvalue weighted by molar-refractivity contribution is 0.0760. The maximum Gasteiger partial charge on any atom is 0.254 e. The van der Waals surface area contributed by atoms with E-state index in [9.17, 15) is 4.79 Å². The lowest BCUT2D eigenvalue weighted by Gasteiger charge is -2.23. The van der Waals surface area contributed by atoms with Crippen LogP contribution in [0.2, 0.25) is 0 Å². The molecule has 5 nitrogen and oxygen atoms in total. The molecule has 1 fully saturated rings. The first-order chi connectivity index (χ1) is 11.5. The second-order valence-corrected chi connectivity index (χ2v) is 6.64. The predicted octanol–water partition coefficient (Wildman–Crippen LogP) is 2.90. The molecule has 0 N–H and O–H groups in total. The van der Waals surface area contributed by atoms with E-state index >= 15 is 0 Å². The Morgan fingerprint density at radius 2 is 1.96 bits per heavy atom. The molecule has 1 aromatic rings. The third kappa shape index (κ3) is 4.87. The molecule has 0 saturated carbocycles. The molecule has 1 heterocycles. The highest BCUT2D eigenvalue weighted by Crippen LogP contribution is 2.28. The molecule has 1 aliphatic rings. The zero-order valence-electron chi connectivity index (χ0n) is 15.4. The molecule has 0 bridgehead atoms. The van der Waals surface area contributed by atoms with E-state index in [1.165, 1.54) is 0 Å². The Hall–Kier alpha value is -1.75. The van der Waals surface area contributed by atoms with Crippen molar-refractivity contribution in [3.8, 4) is 11.5 Å². The second kappa shape index (κ2) is 8.92. The zero-order chi connectivity index (χ0) is 17.5. The molecule has 1 amide bonds. The van der Waals surface area contributed by atoms with Crippen molar-refractivity contribution >= 4 is 5.91 Å². The second-order valence-electron chi connectivity index (χ2n) is 6.64. The predicted molar refractivity (Wildman–Crippen MR) is 96.0 cm³/mol. The van der Waals surface area contributed by atoms with E-state index in [-0.39, 0.29) is 5.91 Å². The van der Waals surface area contributed by atoms with Crippen LogP contribution in [0.1, 0.15) is 37.6 Å². The van der Waals surface area contributed by atoms with Crippen molar-refractivity contribution in [3.63, 3.8) is 0 Å². The number of ether oxygens (including phenoxy) is 2. The summed E-state index contributed by atoms with van der Waals surface area (Å²) in [7, 11) is 1.60. The fourth-order valence-corrected chi connectivity index (χ4v) is 3.13. The van der Waals surface area contributed by atoms with Crippen LogP contribution in [0, 0.1) is 5.92 Å². The van der Waals surface area contributed by atoms with Gasteiger partial charge >= 0.3 is 0 Å². The zero-order valence-corrected chi connectivity index (χ0v) is 15.4. The highest BCUT2D eigenvalue weighted by atomic mass is 16.5. The summed E-state index contributed by atoms with van der Waals surface area (Å²) in [4.78, 5) is 17.2. The van der Waals surface area contributed by atoms with Crippen molar-refractivity contribution in [3.05, 3.63) is 23.8 Å². The Morgan fingerprint density at radius 3 is 2.62 bits per heavy atom. The molecule has 1 aliphatic heterocycles. The third-order valence-corrected chi connectivity index (χ3v) is 4.21. The SMILES string of the molecule is CCOc1ccc(C(=O)N2CCCN(CC(C)C)CC2)cc1OC. The Morgan fingerprint density at radius 1 is 1.17 bits per heavy atom. The molecule has 134 valence electrons. The van der Waals surface area contributed by atoms with Crippen LogP contribution in [0.5, 0.6) is 11.5 Å². The van der Waals surface area contributed by atoms with E-state index in [0.717, 1.165) is 39.1 Å².